The predicted octanol–water partition coefficient (Wildman–Crippen LogP) is 3.24. The van der Waals surface area contributed by atoms with Gasteiger partial charge in [0.25, 0.3) is 5.91 Å². The standard InChI is InChI=1S/C19H28N2O3.C2HF3O2/c1-14-10-16(11-15(2)20-14)18(22)21-7-4-19(5-8-21)6-9-24-13-17(19)12-23-3;3-2(4,5)1(6)7/h10-11,17H,4-9,12-13H2,1-3H3;(H,6,7). The molecule has 1 aromatic rings. The van der Waals surface area contributed by atoms with E-state index >= 15 is 0 Å². The summed E-state index contributed by atoms with van der Waals surface area (Å²) >= 11 is 0. The molecule has 31 heavy (non-hydrogen) atoms. The van der Waals surface area contributed by atoms with Crippen molar-refractivity contribution in [2.45, 2.75) is 39.3 Å². The summed E-state index contributed by atoms with van der Waals surface area (Å²) in [5.41, 5.74) is 2.83. The van der Waals surface area contributed by atoms with Crippen molar-refractivity contribution in [2.75, 3.05) is 40.0 Å². The van der Waals surface area contributed by atoms with Crippen LogP contribution in [0.2, 0.25) is 0 Å². The topological polar surface area (TPSA) is 89.0 Å². The number of carboxylic acids is 1. The highest BCUT2D eigenvalue weighted by Gasteiger charge is 2.44. The van der Waals surface area contributed by atoms with Gasteiger partial charge in [-0.2, -0.15) is 13.2 Å². The van der Waals surface area contributed by atoms with E-state index in [-0.39, 0.29) is 11.3 Å². The molecule has 1 amide bonds. The smallest absolute Gasteiger partial charge is 0.475 e. The summed E-state index contributed by atoms with van der Waals surface area (Å²) in [6.07, 6.45) is -1.92. The van der Waals surface area contributed by atoms with Gasteiger partial charge in [-0.1, -0.05) is 0 Å². The molecule has 3 rings (SSSR count). The highest BCUT2D eigenvalue weighted by Crippen LogP contribution is 2.45. The molecule has 7 nitrogen and oxygen atoms in total. The van der Waals surface area contributed by atoms with E-state index in [9.17, 15) is 18.0 Å². The van der Waals surface area contributed by atoms with Crippen molar-refractivity contribution in [1.29, 1.82) is 0 Å². The number of piperidine rings is 1. The third-order valence-corrected chi connectivity index (χ3v) is 5.91. The third kappa shape index (κ3) is 6.64. The fraction of sp³-hybridized carbons (Fsp3) is 0.667. The first-order valence-electron chi connectivity index (χ1n) is 10.1. The molecular weight excluding hydrogens is 417 g/mol. The largest absolute Gasteiger partial charge is 0.490 e. The number of hydrogen-bond acceptors (Lipinski definition) is 5. The Balaban J connectivity index is 0.000000423. The Hall–Kier alpha value is -2.20. The van der Waals surface area contributed by atoms with E-state index < -0.39 is 12.1 Å². The molecule has 0 aliphatic carbocycles. The lowest BCUT2D eigenvalue weighted by Crippen LogP contribution is -2.50. The second-order valence-corrected chi connectivity index (χ2v) is 8.07. The molecule has 2 saturated heterocycles. The molecule has 3 heterocycles. The number of likely N-dealkylation sites (tertiary alicyclic amines) is 1. The van der Waals surface area contributed by atoms with Crippen LogP contribution in [0.5, 0.6) is 0 Å². The highest BCUT2D eigenvalue weighted by molar-refractivity contribution is 5.94. The summed E-state index contributed by atoms with van der Waals surface area (Å²) < 4.78 is 42.8. The average molecular weight is 446 g/mol. The molecule has 0 bridgehead atoms. The van der Waals surface area contributed by atoms with Gasteiger partial charge in [-0.15, -0.1) is 0 Å². The van der Waals surface area contributed by atoms with Gasteiger partial charge in [0, 0.05) is 49.7 Å². The molecule has 174 valence electrons. The summed E-state index contributed by atoms with van der Waals surface area (Å²) in [6, 6.07) is 3.78. The van der Waals surface area contributed by atoms with Gasteiger partial charge in [0.05, 0.1) is 13.2 Å². The Morgan fingerprint density at radius 3 is 2.26 bits per heavy atom. The number of carboxylic acid groups (broad SMARTS) is 1. The number of ether oxygens (including phenoxy) is 2. The number of rotatable bonds is 3. The van der Waals surface area contributed by atoms with Crippen molar-refractivity contribution < 1.29 is 37.3 Å². The van der Waals surface area contributed by atoms with Crippen LogP contribution in [0, 0.1) is 25.2 Å². The lowest BCUT2D eigenvalue weighted by Gasteiger charge is -2.48. The van der Waals surface area contributed by atoms with Crippen molar-refractivity contribution in [3.05, 3.63) is 29.1 Å². The molecule has 1 atom stereocenters. The maximum atomic E-state index is 12.8. The van der Waals surface area contributed by atoms with Gasteiger partial charge < -0.3 is 19.5 Å². The summed E-state index contributed by atoms with van der Waals surface area (Å²) in [5.74, 6) is -2.18. The number of hydrogen-bond donors (Lipinski definition) is 1. The average Bonchev–Trinajstić information content (AvgIpc) is 2.69. The number of pyridine rings is 1. The summed E-state index contributed by atoms with van der Waals surface area (Å²) in [4.78, 5) is 28.1. The van der Waals surface area contributed by atoms with E-state index in [1.54, 1.807) is 7.11 Å². The van der Waals surface area contributed by atoms with Crippen molar-refractivity contribution >= 4 is 11.9 Å². The van der Waals surface area contributed by atoms with Crippen LogP contribution in [0.15, 0.2) is 12.1 Å². The van der Waals surface area contributed by atoms with Crippen LogP contribution in [0.3, 0.4) is 0 Å². The van der Waals surface area contributed by atoms with E-state index in [1.165, 1.54) is 0 Å². The molecule has 2 aliphatic rings. The molecule has 1 unspecified atom stereocenters. The number of halogens is 3. The first-order chi connectivity index (χ1) is 14.5. The number of alkyl halides is 3. The third-order valence-electron chi connectivity index (χ3n) is 5.91. The van der Waals surface area contributed by atoms with Crippen LogP contribution in [0.4, 0.5) is 13.2 Å². The van der Waals surface area contributed by atoms with Gasteiger partial charge in [0.1, 0.15) is 0 Å². The molecule has 10 heteroatoms. The van der Waals surface area contributed by atoms with Gasteiger partial charge in [-0.25, -0.2) is 4.79 Å². The molecule has 1 spiro atoms. The monoisotopic (exact) mass is 446 g/mol. The number of nitrogens with zero attached hydrogens (tertiary/aromatic N) is 2. The number of aliphatic carboxylic acids is 1. The summed E-state index contributed by atoms with van der Waals surface area (Å²) in [7, 11) is 1.76. The highest BCUT2D eigenvalue weighted by atomic mass is 19.4. The van der Waals surface area contributed by atoms with Crippen molar-refractivity contribution in [1.82, 2.24) is 9.88 Å². The van der Waals surface area contributed by atoms with Gasteiger partial charge in [0.2, 0.25) is 0 Å². The lowest BCUT2D eigenvalue weighted by molar-refractivity contribution is -0.192. The van der Waals surface area contributed by atoms with Crippen molar-refractivity contribution in [3.8, 4) is 0 Å². The molecule has 2 fully saturated rings. The van der Waals surface area contributed by atoms with E-state index in [0.29, 0.717) is 5.92 Å². The molecular formula is C21H29F3N2O5. The first-order valence-corrected chi connectivity index (χ1v) is 10.1. The number of amides is 1. The predicted molar refractivity (Wildman–Crippen MR) is 106 cm³/mol. The Kier molecular flexibility index (Phi) is 8.41. The lowest BCUT2D eigenvalue weighted by atomic mass is 9.66. The minimum atomic E-state index is -5.08. The van der Waals surface area contributed by atoms with Crippen LogP contribution in [0.25, 0.3) is 0 Å². The van der Waals surface area contributed by atoms with Crippen molar-refractivity contribution in [2.24, 2.45) is 11.3 Å². The van der Waals surface area contributed by atoms with Gasteiger partial charge in [-0.05, 0) is 50.7 Å². The van der Waals surface area contributed by atoms with Crippen LogP contribution in [-0.4, -0.2) is 73.1 Å². The minimum Gasteiger partial charge on any atom is -0.475 e. The van der Waals surface area contributed by atoms with Crippen LogP contribution >= 0.6 is 0 Å². The SMILES string of the molecule is COCC1COCCC12CCN(C(=O)c1cc(C)nc(C)c1)CC2.O=C(O)C(F)(F)F. The fourth-order valence-corrected chi connectivity index (χ4v) is 4.26. The number of carbonyl (C=O) groups excluding carboxylic acids is 1. The van der Waals surface area contributed by atoms with Crippen LogP contribution in [0.1, 0.15) is 41.0 Å². The van der Waals surface area contributed by atoms with Crippen LogP contribution in [-0.2, 0) is 14.3 Å². The zero-order valence-electron chi connectivity index (χ0n) is 18.0. The second-order valence-electron chi connectivity index (χ2n) is 8.07. The second kappa shape index (κ2) is 10.4. The quantitative estimate of drug-likeness (QED) is 0.767. The van der Waals surface area contributed by atoms with Gasteiger partial charge in [0.15, 0.2) is 0 Å². The van der Waals surface area contributed by atoms with Gasteiger partial charge in [-0.3, -0.25) is 9.78 Å². The van der Waals surface area contributed by atoms with E-state index in [1.807, 2.05) is 30.9 Å². The maximum Gasteiger partial charge on any atom is 0.490 e. The van der Waals surface area contributed by atoms with E-state index in [2.05, 4.69) is 4.98 Å². The van der Waals surface area contributed by atoms with E-state index in [0.717, 1.165) is 69.1 Å². The molecule has 1 aromatic heterocycles. The van der Waals surface area contributed by atoms with Gasteiger partial charge >= 0.3 is 12.1 Å². The van der Waals surface area contributed by atoms with E-state index in [4.69, 9.17) is 19.4 Å². The molecule has 0 saturated carbocycles. The molecule has 2 aliphatic heterocycles. The molecule has 1 N–H and O–H groups in total. The number of carbonyl (C=O) groups is 2. The molecule has 0 radical (unpaired) electrons. The molecule has 0 aromatic carbocycles. The van der Waals surface area contributed by atoms with Crippen LogP contribution < -0.4 is 0 Å². The number of aryl methyl sites for hydroxylation is 2. The zero-order valence-corrected chi connectivity index (χ0v) is 18.0. The normalized spacial score (nSPS) is 20.7. The maximum absolute atomic E-state index is 12.8. The number of methoxy groups -OCH3 is 1. The Morgan fingerprint density at radius 2 is 1.77 bits per heavy atom. The minimum absolute atomic E-state index is 0.133. The first kappa shape index (κ1) is 25.1. The Labute approximate surface area is 179 Å². The summed E-state index contributed by atoms with van der Waals surface area (Å²) in [5, 5.41) is 7.12. The fourth-order valence-electron chi connectivity index (χ4n) is 4.26. The van der Waals surface area contributed by atoms with Crippen molar-refractivity contribution in [3.63, 3.8) is 0 Å². The Bertz CT molecular complexity index is 755. The number of aromatic nitrogens is 1. The summed E-state index contributed by atoms with van der Waals surface area (Å²) in [6.45, 7) is 7.87. The Morgan fingerprint density at radius 1 is 1.23 bits per heavy atom. The zero-order chi connectivity index (χ0) is 23.2.